The second-order valence-corrected chi connectivity index (χ2v) is 8.91. The Kier molecular flexibility index (Phi) is 4.57. The number of benzene rings is 1. The van der Waals surface area contributed by atoms with Gasteiger partial charge in [0, 0.05) is 23.4 Å². The van der Waals surface area contributed by atoms with E-state index in [0.29, 0.717) is 35.3 Å². The Bertz CT molecular complexity index is 1210. The number of carbonyl (C=O) groups is 4. The minimum atomic E-state index is -1.28. The number of amides is 4. The number of aromatic amines is 1. The van der Waals surface area contributed by atoms with E-state index in [1.54, 1.807) is 31.2 Å². The number of nitrogens with one attached hydrogen (secondary N) is 4. The van der Waals surface area contributed by atoms with Gasteiger partial charge in [-0.3, -0.25) is 24.5 Å². The summed E-state index contributed by atoms with van der Waals surface area (Å²) in [6.07, 6.45) is 0.876. The SMILES string of the molecule is CC1(C)CC(=O)c2cc(C(=O)Nc3cccc(C4(C)NC(=O)NC4=O)c3)c(=O)[nH]c2C1. The quantitative estimate of drug-likeness (QED) is 0.559. The Morgan fingerprint density at radius 3 is 2.45 bits per heavy atom. The van der Waals surface area contributed by atoms with Crippen LogP contribution in [0.1, 0.15) is 59.2 Å². The molecule has 4 rings (SSSR count). The third-order valence-electron chi connectivity index (χ3n) is 5.70. The largest absolute Gasteiger partial charge is 0.325 e. The molecule has 4 amide bonds. The first-order valence-corrected chi connectivity index (χ1v) is 9.83. The number of fused-ring (bicyclic) bond motifs is 1. The molecule has 0 bridgehead atoms. The number of H-pyrrole nitrogens is 1. The average Bonchev–Trinajstić information content (AvgIpc) is 2.93. The van der Waals surface area contributed by atoms with E-state index in [4.69, 9.17) is 0 Å². The van der Waals surface area contributed by atoms with Crippen LogP contribution in [-0.4, -0.2) is 28.6 Å². The molecule has 1 aromatic carbocycles. The van der Waals surface area contributed by atoms with Crippen LogP contribution in [0.5, 0.6) is 0 Å². The molecule has 1 aliphatic heterocycles. The summed E-state index contributed by atoms with van der Waals surface area (Å²) in [4.78, 5) is 64.2. The van der Waals surface area contributed by atoms with Crippen molar-refractivity contribution in [1.29, 1.82) is 0 Å². The fourth-order valence-corrected chi connectivity index (χ4v) is 4.05. The van der Waals surface area contributed by atoms with E-state index in [1.807, 2.05) is 13.8 Å². The first-order chi connectivity index (χ1) is 14.5. The number of Topliss-reactive ketones (excluding diaryl/α,β-unsaturated/α-hetero) is 1. The molecule has 1 saturated heterocycles. The van der Waals surface area contributed by atoms with E-state index in [-0.39, 0.29) is 16.8 Å². The molecule has 9 heteroatoms. The maximum Gasteiger partial charge on any atom is 0.322 e. The average molecular weight is 422 g/mol. The first-order valence-electron chi connectivity index (χ1n) is 9.83. The lowest BCUT2D eigenvalue weighted by atomic mass is 9.75. The molecule has 31 heavy (non-hydrogen) atoms. The molecule has 9 nitrogen and oxygen atoms in total. The van der Waals surface area contributed by atoms with E-state index < -0.39 is 28.9 Å². The van der Waals surface area contributed by atoms with Gasteiger partial charge in [0.15, 0.2) is 5.78 Å². The number of rotatable bonds is 3. The van der Waals surface area contributed by atoms with E-state index in [9.17, 15) is 24.0 Å². The lowest BCUT2D eigenvalue weighted by Gasteiger charge is -2.29. The third-order valence-corrected chi connectivity index (χ3v) is 5.70. The fourth-order valence-electron chi connectivity index (χ4n) is 4.05. The molecular formula is C22H22N4O5. The lowest BCUT2D eigenvalue weighted by Crippen LogP contribution is -2.40. The van der Waals surface area contributed by atoms with E-state index in [0.717, 1.165) is 0 Å². The number of pyridine rings is 1. The molecule has 2 aromatic rings. The van der Waals surface area contributed by atoms with Crippen molar-refractivity contribution in [2.45, 2.75) is 39.2 Å². The van der Waals surface area contributed by atoms with Crippen molar-refractivity contribution in [3.63, 3.8) is 0 Å². The topological polar surface area (TPSA) is 137 Å². The number of urea groups is 1. The van der Waals surface area contributed by atoms with Crippen LogP contribution in [0.3, 0.4) is 0 Å². The van der Waals surface area contributed by atoms with Gasteiger partial charge in [0.1, 0.15) is 11.1 Å². The third kappa shape index (κ3) is 3.63. The number of hydrogen-bond donors (Lipinski definition) is 4. The Balaban J connectivity index is 1.62. The number of aromatic nitrogens is 1. The zero-order chi connectivity index (χ0) is 22.6. The van der Waals surface area contributed by atoms with Crippen LogP contribution in [0.25, 0.3) is 0 Å². The molecule has 160 valence electrons. The minimum Gasteiger partial charge on any atom is -0.325 e. The summed E-state index contributed by atoms with van der Waals surface area (Å²) in [7, 11) is 0. The Morgan fingerprint density at radius 2 is 1.77 bits per heavy atom. The maximum atomic E-state index is 12.8. The van der Waals surface area contributed by atoms with Crippen LogP contribution >= 0.6 is 0 Å². The molecule has 1 atom stereocenters. The molecule has 4 N–H and O–H groups in total. The minimum absolute atomic E-state index is 0.116. The highest BCUT2D eigenvalue weighted by Crippen LogP contribution is 2.33. The van der Waals surface area contributed by atoms with Gasteiger partial charge in [-0.25, -0.2) is 4.79 Å². The summed E-state index contributed by atoms with van der Waals surface area (Å²) in [6.45, 7) is 5.45. The van der Waals surface area contributed by atoms with Gasteiger partial charge in [0.2, 0.25) is 0 Å². The molecule has 0 saturated carbocycles. The highest BCUT2D eigenvalue weighted by atomic mass is 16.2. The standard InChI is InChI=1S/C22H22N4O5/c1-21(2)9-15-13(16(27)10-21)8-14(18(29)24-15)17(28)23-12-6-4-5-11(7-12)22(3)19(30)25-20(31)26-22/h4-8H,9-10H2,1-3H3,(H,23,28)(H,24,29)(H2,25,26,30,31). The summed E-state index contributed by atoms with van der Waals surface area (Å²) in [6, 6.07) is 7.15. The van der Waals surface area contributed by atoms with E-state index in [1.165, 1.54) is 6.07 Å². The lowest BCUT2D eigenvalue weighted by molar-refractivity contribution is -0.123. The summed E-state index contributed by atoms with van der Waals surface area (Å²) in [5, 5.41) is 7.37. The smallest absolute Gasteiger partial charge is 0.322 e. The molecule has 1 unspecified atom stereocenters. The van der Waals surface area contributed by atoms with Crippen LogP contribution < -0.4 is 21.5 Å². The zero-order valence-electron chi connectivity index (χ0n) is 17.3. The van der Waals surface area contributed by atoms with Gasteiger partial charge in [0.25, 0.3) is 17.4 Å². The van der Waals surface area contributed by atoms with E-state index >= 15 is 0 Å². The number of anilines is 1. The van der Waals surface area contributed by atoms with Gasteiger partial charge >= 0.3 is 6.03 Å². The Hall–Kier alpha value is -3.75. The number of carbonyl (C=O) groups excluding carboxylic acids is 4. The van der Waals surface area contributed by atoms with Crippen molar-refractivity contribution < 1.29 is 19.2 Å². The van der Waals surface area contributed by atoms with E-state index in [2.05, 4.69) is 20.9 Å². The van der Waals surface area contributed by atoms with Crippen LogP contribution in [0.4, 0.5) is 10.5 Å². The van der Waals surface area contributed by atoms with Crippen LogP contribution in [0.2, 0.25) is 0 Å². The van der Waals surface area contributed by atoms with Gasteiger partial charge in [-0.15, -0.1) is 0 Å². The Labute approximate surface area is 177 Å². The second-order valence-electron chi connectivity index (χ2n) is 8.91. The van der Waals surface area contributed by atoms with Gasteiger partial charge in [-0.05, 0) is 42.5 Å². The maximum absolute atomic E-state index is 12.8. The van der Waals surface area contributed by atoms with Crippen LogP contribution in [0.15, 0.2) is 35.1 Å². The predicted molar refractivity (Wildman–Crippen MR) is 112 cm³/mol. The number of ketones is 1. The summed E-state index contributed by atoms with van der Waals surface area (Å²) < 4.78 is 0. The van der Waals surface area contributed by atoms with Crippen molar-refractivity contribution >= 4 is 29.3 Å². The van der Waals surface area contributed by atoms with Crippen LogP contribution in [-0.2, 0) is 16.8 Å². The highest BCUT2D eigenvalue weighted by Gasteiger charge is 2.43. The number of hydrogen-bond acceptors (Lipinski definition) is 5. The molecule has 1 fully saturated rings. The summed E-state index contributed by atoms with van der Waals surface area (Å²) >= 11 is 0. The normalized spacial score (nSPS) is 21.8. The molecule has 1 aliphatic carbocycles. The number of imide groups is 1. The summed E-state index contributed by atoms with van der Waals surface area (Å²) in [5.74, 6) is -1.30. The fraction of sp³-hybridized carbons (Fsp3) is 0.318. The zero-order valence-corrected chi connectivity index (χ0v) is 17.3. The van der Waals surface area contributed by atoms with Crippen molar-refractivity contribution in [3.8, 4) is 0 Å². The van der Waals surface area contributed by atoms with Crippen LogP contribution in [0, 0.1) is 5.41 Å². The first kappa shape index (κ1) is 20.5. The van der Waals surface area contributed by atoms with Gasteiger partial charge < -0.3 is 15.6 Å². The van der Waals surface area contributed by atoms with Crippen molar-refractivity contribution in [2.75, 3.05) is 5.32 Å². The predicted octanol–water partition coefficient (Wildman–Crippen LogP) is 1.84. The van der Waals surface area contributed by atoms with Gasteiger partial charge in [0.05, 0.1) is 0 Å². The highest BCUT2D eigenvalue weighted by molar-refractivity contribution is 6.08. The molecular weight excluding hydrogens is 400 g/mol. The molecule has 2 heterocycles. The van der Waals surface area contributed by atoms with Crippen molar-refractivity contribution in [1.82, 2.24) is 15.6 Å². The molecule has 0 spiro atoms. The molecule has 1 aromatic heterocycles. The Morgan fingerprint density at radius 1 is 1.03 bits per heavy atom. The molecule has 0 radical (unpaired) electrons. The van der Waals surface area contributed by atoms with Crippen molar-refractivity contribution in [2.24, 2.45) is 5.41 Å². The van der Waals surface area contributed by atoms with Gasteiger partial charge in [-0.1, -0.05) is 26.0 Å². The second kappa shape index (κ2) is 6.90. The summed E-state index contributed by atoms with van der Waals surface area (Å²) in [5.41, 5.74) is -0.581. The molecule has 2 aliphatic rings. The van der Waals surface area contributed by atoms with Gasteiger partial charge in [-0.2, -0.15) is 0 Å². The monoisotopic (exact) mass is 422 g/mol. The van der Waals surface area contributed by atoms with Crippen molar-refractivity contribution in [3.05, 3.63) is 63.1 Å².